The highest BCUT2D eigenvalue weighted by atomic mass is 79.9. The highest BCUT2D eigenvalue weighted by Crippen LogP contribution is 2.48. The lowest BCUT2D eigenvalue weighted by Crippen LogP contribution is -2.36. The Hall–Kier alpha value is -0.320. The number of halogens is 2. The summed E-state index contributed by atoms with van der Waals surface area (Å²) >= 11 is 6.66. The van der Waals surface area contributed by atoms with Gasteiger partial charge in [-0.05, 0) is 18.8 Å². The molecule has 0 saturated heterocycles. The summed E-state index contributed by atoms with van der Waals surface area (Å²) < 4.78 is 22.1. The Labute approximate surface area is 158 Å². The van der Waals surface area contributed by atoms with Crippen LogP contribution in [0.5, 0.6) is 0 Å². The second-order valence-corrected chi connectivity index (χ2v) is 8.92. The Bertz CT molecular complexity index is 598. The van der Waals surface area contributed by atoms with Crippen molar-refractivity contribution in [2.75, 3.05) is 23.7 Å². The number of aromatic nitrogens is 2. The van der Waals surface area contributed by atoms with E-state index in [9.17, 15) is 14.7 Å². The molecule has 138 valence electrons. The summed E-state index contributed by atoms with van der Waals surface area (Å²) in [5.74, 6) is -0.280. The third-order valence-corrected chi connectivity index (χ3v) is 6.46. The Balaban J connectivity index is 2.97. The van der Waals surface area contributed by atoms with Crippen LogP contribution in [0.2, 0.25) is 0 Å². The van der Waals surface area contributed by atoms with Gasteiger partial charge in [0.25, 0.3) is 0 Å². The number of imidazole rings is 1. The standard InChI is InChI=1S/C12H22Br2N5O4P/c1-10(2)18(7-5-14)24(22,16-6-4-13)23-9-11-8-15-12(17(11)3)19(20)21/h8,10H,4-7,9H2,1-3H3,(H,16,22). The van der Waals surface area contributed by atoms with Gasteiger partial charge in [0.2, 0.25) is 0 Å². The summed E-state index contributed by atoms with van der Waals surface area (Å²) in [5.41, 5.74) is 0.477. The quantitative estimate of drug-likeness (QED) is 0.220. The molecule has 1 aromatic heterocycles. The molecule has 12 heteroatoms. The number of hydrogen-bond donors (Lipinski definition) is 1. The molecule has 24 heavy (non-hydrogen) atoms. The van der Waals surface area contributed by atoms with Crippen molar-refractivity contribution in [3.8, 4) is 0 Å². The summed E-state index contributed by atoms with van der Waals surface area (Å²) in [6, 6.07) is -0.00270. The highest BCUT2D eigenvalue weighted by Gasteiger charge is 2.34. The van der Waals surface area contributed by atoms with Crippen LogP contribution in [0.15, 0.2) is 6.20 Å². The number of nitrogens with one attached hydrogen (secondary N) is 1. The molecule has 1 heterocycles. The monoisotopic (exact) mass is 489 g/mol. The van der Waals surface area contributed by atoms with E-state index in [0.29, 0.717) is 29.4 Å². The predicted molar refractivity (Wildman–Crippen MR) is 99.7 cm³/mol. The molecule has 0 saturated carbocycles. The van der Waals surface area contributed by atoms with Crippen LogP contribution in [-0.4, -0.2) is 48.9 Å². The largest absolute Gasteiger partial charge is 0.434 e. The number of hydrogen-bond acceptors (Lipinski definition) is 5. The van der Waals surface area contributed by atoms with Crippen molar-refractivity contribution in [3.63, 3.8) is 0 Å². The average molecular weight is 491 g/mol. The van der Waals surface area contributed by atoms with Crippen LogP contribution in [0.1, 0.15) is 19.5 Å². The molecule has 1 aromatic rings. The van der Waals surface area contributed by atoms with Crippen molar-refractivity contribution in [1.82, 2.24) is 19.3 Å². The molecule has 0 radical (unpaired) electrons. The van der Waals surface area contributed by atoms with Crippen molar-refractivity contribution >= 4 is 45.5 Å². The summed E-state index contributed by atoms with van der Waals surface area (Å²) in [7, 11) is -1.78. The van der Waals surface area contributed by atoms with Gasteiger partial charge in [-0.25, -0.2) is 14.3 Å². The van der Waals surface area contributed by atoms with E-state index in [1.54, 1.807) is 4.67 Å². The fourth-order valence-electron chi connectivity index (χ4n) is 2.07. The zero-order chi connectivity index (χ0) is 18.3. The van der Waals surface area contributed by atoms with E-state index in [4.69, 9.17) is 4.52 Å². The van der Waals surface area contributed by atoms with Crippen molar-refractivity contribution in [2.24, 2.45) is 7.05 Å². The van der Waals surface area contributed by atoms with Crippen molar-refractivity contribution in [1.29, 1.82) is 0 Å². The van der Waals surface area contributed by atoms with Gasteiger partial charge >= 0.3 is 13.6 Å². The first-order valence-electron chi connectivity index (χ1n) is 7.30. The van der Waals surface area contributed by atoms with Gasteiger partial charge in [-0.1, -0.05) is 36.8 Å². The fourth-order valence-corrected chi connectivity index (χ4v) is 5.32. The lowest BCUT2D eigenvalue weighted by molar-refractivity contribution is -0.396. The Morgan fingerprint density at radius 3 is 2.62 bits per heavy atom. The van der Waals surface area contributed by atoms with Gasteiger partial charge in [0, 0.05) is 29.8 Å². The van der Waals surface area contributed by atoms with Gasteiger partial charge in [-0.2, -0.15) is 0 Å². The van der Waals surface area contributed by atoms with E-state index in [2.05, 4.69) is 41.9 Å². The first kappa shape index (κ1) is 21.7. The Kier molecular flexibility index (Phi) is 9.03. The fraction of sp³-hybridized carbons (Fsp3) is 0.750. The molecular weight excluding hydrogens is 469 g/mol. The maximum atomic E-state index is 13.3. The molecule has 0 aliphatic heterocycles. The second kappa shape index (κ2) is 9.98. The van der Waals surface area contributed by atoms with E-state index in [1.807, 2.05) is 13.8 Å². The van der Waals surface area contributed by atoms with E-state index < -0.39 is 12.6 Å². The van der Waals surface area contributed by atoms with E-state index in [-0.39, 0.29) is 18.6 Å². The summed E-state index contributed by atoms with van der Waals surface area (Å²) in [6.45, 7) is 4.83. The minimum absolute atomic E-state index is 0.00270. The van der Waals surface area contributed by atoms with E-state index >= 15 is 0 Å². The minimum atomic E-state index is -3.31. The molecule has 9 nitrogen and oxygen atoms in total. The normalized spacial score (nSPS) is 14.3. The average Bonchev–Trinajstić information content (AvgIpc) is 2.89. The van der Waals surface area contributed by atoms with Crippen LogP contribution in [0.4, 0.5) is 5.95 Å². The molecule has 0 aliphatic rings. The molecule has 1 atom stereocenters. The molecule has 1 rings (SSSR count). The molecule has 1 unspecified atom stereocenters. The molecule has 1 N–H and O–H groups in total. The molecule has 0 fully saturated rings. The molecule has 0 aromatic carbocycles. The second-order valence-electron chi connectivity index (χ2n) is 5.20. The number of rotatable bonds is 11. The highest BCUT2D eigenvalue weighted by molar-refractivity contribution is 9.09. The maximum absolute atomic E-state index is 13.3. The summed E-state index contributed by atoms with van der Waals surface area (Å²) in [6.07, 6.45) is 1.36. The summed E-state index contributed by atoms with van der Waals surface area (Å²) in [4.78, 5) is 14.0. The van der Waals surface area contributed by atoms with Crippen molar-refractivity contribution in [2.45, 2.75) is 26.5 Å². The van der Waals surface area contributed by atoms with Gasteiger partial charge in [-0.15, -0.1) is 0 Å². The molecule has 0 amide bonds. The van der Waals surface area contributed by atoms with Gasteiger partial charge in [0.05, 0.1) is 7.05 Å². The third kappa shape index (κ3) is 5.60. The Morgan fingerprint density at radius 1 is 1.50 bits per heavy atom. The van der Waals surface area contributed by atoms with Gasteiger partial charge in [0.15, 0.2) is 0 Å². The van der Waals surface area contributed by atoms with Crippen LogP contribution in [0.25, 0.3) is 0 Å². The molecule has 0 spiro atoms. The zero-order valence-electron chi connectivity index (χ0n) is 13.8. The first-order valence-corrected chi connectivity index (χ1v) is 11.1. The topological polar surface area (TPSA) is 103 Å². The van der Waals surface area contributed by atoms with Crippen LogP contribution >= 0.6 is 39.5 Å². The number of nitrogens with zero attached hydrogens (tertiary/aromatic N) is 4. The zero-order valence-corrected chi connectivity index (χ0v) is 17.9. The van der Waals surface area contributed by atoms with E-state index in [1.165, 1.54) is 17.8 Å². The van der Waals surface area contributed by atoms with Crippen LogP contribution < -0.4 is 5.09 Å². The van der Waals surface area contributed by atoms with Crippen LogP contribution in [0, 0.1) is 10.1 Å². The van der Waals surface area contributed by atoms with Crippen molar-refractivity contribution < 1.29 is 14.0 Å². The molecule has 0 aliphatic carbocycles. The SMILES string of the molecule is CC(C)N(CCBr)P(=O)(NCCBr)OCc1cnc([N+](=O)[O-])n1C. The van der Waals surface area contributed by atoms with Crippen molar-refractivity contribution in [3.05, 3.63) is 22.0 Å². The van der Waals surface area contributed by atoms with Crippen LogP contribution in [-0.2, 0) is 22.7 Å². The van der Waals surface area contributed by atoms with Gasteiger partial charge < -0.3 is 10.1 Å². The summed E-state index contributed by atoms with van der Waals surface area (Å²) in [5, 5.41) is 15.1. The number of alkyl halides is 2. The Morgan fingerprint density at radius 2 is 2.17 bits per heavy atom. The molecular formula is C12H22Br2N5O4P. The molecule has 0 bridgehead atoms. The van der Waals surface area contributed by atoms with Crippen LogP contribution in [0.3, 0.4) is 0 Å². The van der Waals surface area contributed by atoms with Gasteiger partial charge in [-0.3, -0.25) is 9.09 Å². The number of nitro groups is 1. The van der Waals surface area contributed by atoms with Gasteiger partial charge in [0.1, 0.15) is 18.5 Å². The van der Waals surface area contributed by atoms with E-state index in [0.717, 1.165) is 0 Å². The lowest BCUT2D eigenvalue weighted by Gasteiger charge is -2.33. The lowest BCUT2D eigenvalue weighted by atomic mass is 10.4. The maximum Gasteiger partial charge on any atom is 0.434 e. The smallest absolute Gasteiger partial charge is 0.390 e. The minimum Gasteiger partial charge on any atom is -0.390 e. The predicted octanol–water partition coefficient (Wildman–Crippen LogP) is 3.04. The first-order chi connectivity index (χ1) is 11.3. The third-order valence-electron chi connectivity index (χ3n) is 3.26.